The molecule has 3 heterocycles. The summed E-state index contributed by atoms with van der Waals surface area (Å²) in [5.41, 5.74) is 0. The monoisotopic (exact) mass is 443 g/mol. The molecule has 7 nitrogen and oxygen atoms in total. The van der Waals surface area contributed by atoms with Gasteiger partial charge in [0.2, 0.25) is 10.0 Å². The standard InChI is InChI=1S/C18H23F2N5O2S2/c19-14-5-4-6-15(20)17(14)29(26,27)23-11-9-22(10-12-23)13-25-18(28)24-8-3-1-2-7-16(24)21-25/h4-6H,1-3,7-13H2. The number of halogens is 2. The van der Waals surface area contributed by atoms with Gasteiger partial charge in [-0.15, -0.1) is 0 Å². The molecule has 1 aromatic heterocycles. The van der Waals surface area contributed by atoms with Crippen LogP contribution in [0, 0.1) is 16.4 Å². The van der Waals surface area contributed by atoms with Gasteiger partial charge in [0.25, 0.3) is 0 Å². The lowest BCUT2D eigenvalue weighted by atomic mass is 10.2. The molecular formula is C18H23F2N5O2S2. The van der Waals surface area contributed by atoms with E-state index in [4.69, 9.17) is 12.2 Å². The van der Waals surface area contributed by atoms with Crippen molar-refractivity contribution in [1.29, 1.82) is 0 Å². The highest BCUT2D eigenvalue weighted by molar-refractivity contribution is 7.89. The minimum Gasteiger partial charge on any atom is -0.304 e. The summed E-state index contributed by atoms with van der Waals surface area (Å²) in [5.74, 6) is -1.14. The summed E-state index contributed by atoms with van der Waals surface area (Å²) < 4.78 is 59.0. The Bertz CT molecular complexity index is 1040. The normalized spacial score (nSPS) is 19.1. The van der Waals surface area contributed by atoms with E-state index >= 15 is 0 Å². The Balaban J connectivity index is 1.45. The van der Waals surface area contributed by atoms with E-state index < -0.39 is 26.6 Å². The lowest BCUT2D eigenvalue weighted by Crippen LogP contribution is -2.49. The number of sulfonamides is 1. The quantitative estimate of drug-likeness (QED) is 0.679. The molecule has 158 valence electrons. The van der Waals surface area contributed by atoms with Gasteiger partial charge in [-0.25, -0.2) is 21.9 Å². The van der Waals surface area contributed by atoms with Crippen LogP contribution in [0.3, 0.4) is 0 Å². The number of nitrogens with zero attached hydrogens (tertiary/aromatic N) is 5. The largest absolute Gasteiger partial charge is 0.304 e. The Kier molecular flexibility index (Phi) is 5.83. The van der Waals surface area contributed by atoms with Crippen LogP contribution in [0.2, 0.25) is 0 Å². The van der Waals surface area contributed by atoms with E-state index in [1.165, 1.54) is 6.42 Å². The van der Waals surface area contributed by atoms with Crippen LogP contribution in [0.25, 0.3) is 0 Å². The molecule has 0 unspecified atom stereocenters. The second-order valence-corrected chi connectivity index (χ2v) is 9.61. The SMILES string of the molecule is O=S(=O)(c1c(F)cccc1F)N1CCN(Cn2nc3n(c2=S)CCCCC3)CC1. The summed E-state index contributed by atoms with van der Waals surface area (Å²) in [6.45, 7) is 2.52. The molecule has 0 spiro atoms. The van der Waals surface area contributed by atoms with Crippen molar-refractivity contribution in [1.82, 2.24) is 23.6 Å². The third kappa shape index (κ3) is 4.00. The van der Waals surface area contributed by atoms with Crippen LogP contribution in [0.4, 0.5) is 8.78 Å². The average Bonchev–Trinajstić information content (AvgIpc) is 2.84. The summed E-state index contributed by atoms with van der Waals surface area (Å²) in [6, 6.07) is 3.06. The molecule has 0 aliphatic carbocycles. The third-order valence-corrected chi connectivity index (χ3v) is 7.85. The third-order valence-electron chi connectivity index (χ3n) is 5.46. The topological polar surface area (TPSA) is 63.4 Å². The Morgan fingerprint density at radius 2 is 1.69 bits per heavy atom. The van der Waals surface area contributed by atoms with Crippen LogP contribution in [0.5, 0.6) is 0 Å². The molecule has 0 radical (unpaired) electrons. The Hall–Kier alpha value is -1.69. The van der Waals surface area contributed by atoms with Crippen LogP contribution < -0.4 is 0 Å². The van der Waals surface area contributed by atoms with E-state index in [2.05, 4.69) is 9.67 Å². The van der Waals surface area contributed by atoms with Crippen molar-refractivity contribution in [2.75, 3.05) is 26.2 Å². The van der Waals surface area contributed by atoms with Crippen molar-refractivity contribution in [3.8, 4) is 0 Å². The number of fused-ring (bicyclic) bond motifs is 1. The summed E-state index contributed by atoms with van der Waals surface area (Å²) in [6.07, 6.45) is 4.29. The summed E-state index contributed by atoms with van der Waals surface area (Å²) in [7, 11) is -4.22. The van der Waals surface area contributed by atoms with Crippen LogP contribution >= 0.6 is 12.2 Å². The first-order valence-corrected chi connectivity index (χ1v) is 11.6. The van der Waals surface area contributed by atoms with E-state index in [-0.39, 0.29) is 13.1 Å². The van der Waals surface area contributed by atoms with Gasteiger partial charge in [0.15, 0.2) is 9.67 Å². The van der Waals surface area contributed by atoms with Gasteiger partial charge in [0, 0.05) is 39.1 Å². The van der Waals surface area contributed by atoms with Crippen molar-refractivity contribution < 1.29 is 17.2 Å². The molecule has 0 saturated carbocycles. The number of aryl methyl sites for hydroxylation is 1. The molecule has 11 heteroatoms. The van der Waals surface area contributed by atoms with Gasteiger partial charge < -0.3 is 4.57 Å². The lowest BCUT2D eigenvalue weighted by Gasteiger charge is -2.33. The van der Waals surface area contributed by atoms with Crippen molar-refractivity contribution in [2.45, 2.75) is 43.8 Å². The highest BCUT2D eigenvalue weighted by Crippen LogP contribution is 2.24. The zero-order chi connectivity index (χ0) is 20.6. The molecule has 2 aromatic rings. The molecule has 0 N–H and O–H groups in total. The molecular weight excluding hydrogens is 420 g/mol. The fourth-order valence-corrected chi connectivity index (χ4v) is 5.70. The van der Waals surface area contributed by atoms with E-state index in [0.29, 0.717) is 24.5 Å². The van der Waals surface area contributed by atoms with Crippen molar-refractivity contribution in [3.05, 3.63) is 40.4 Å². The predicted molar refractivity (Wildman–Crippen MR) is 105 cm³/mol. The Morgan fingerprint density at radius 1 is 1.00 bits per heavy atom. The smallest absolute Gasteiger partial charge is 0.249 e. The summed E-state index contributed by atoms with van der Waals surface area (Å²) in [4.78, 5) is 1.17. The van der Waals surface area contributed by atoms with Gasteiger partial charge >= 0.3 is 0 Å². The van der Waals surface area contributed by atoms with E-state index in [0.717, 1.165) is 54.1 Å². The number of hydrogen-bond donors (Lipinski definition) is 0. The summed E-state index contributed by atoms with van der Waals surface area (Å²) >= 11 is 5.56. The number of hydrogen-bond acceptors (Lipinski definition) is 5. The van der Waals surface area contributed by atoms with Gasteiger partial charge in [-0.3, -0.25) is 4.90 Å². The average molecular weight is 444 g/mol. The number of benzene rings is 1. The first-order chi connectivity index (χ1) is 13.9. The fourth-order valence-electron chi connectivity index (χ4n) is 3.88. The molecule has 0 amide bonds. The molecule has 1 fully saturated rings. The predicted octanol–water partition coefficient (Wildman–Crippen LogP) is 2.38. The molecule has 0 atom stereocenters. The van der Waals surface area contributed by atoms with Gasteiger partial charge in [-0.1, -0.05) is 12.5 Å². The molecule has 2 aliphatic rings. The fraction of sp³-hybridized carbons (Fsp3) is 0.556. The number of rotatable bonds is 4. The minimum absolute atomic E-state index is 0.150. The second kappa shape index (κ2) is 8.21. The highest BCUT2D eigenvalue weighted by Gasteiger charge is 2.33. The van der Waals surface area contributed by atoms with Gasteiger partial charge in [0.1, 0.15) is 17.5 Å². The molecule has 0 bridgehead atoms. The van der Waals surface area contributed by atoms with Crippen molar-refractivity contribution in [2.24, 2.45) is 0 Å². The Labute approximate surface area is 173 Å². The first kappa shape index (κ1) is 20.6. The molecule has 4 rings (SSSR count). The summed E-state index contributed by atoms with van der Waals surface area (Å²) in [5, 5.41) is 4.65. The number of aromatic nitrogens is 3. The maximum atomic E-state index is 14.0. The zero-order valence-electron chi connectivity index (χ0n) is 15.9. The molecule has 29 heavy (non-hydrogen) atoms. The van der Waals surface area contributed by atoms with Crippen LogP contribution in [0.15, 0.2) is 23.1 Å². The van der Waals surface area contributed by atoms with Gasteiger partial charge in [0.05, 0.1) is 6.67 Å². The van der Waals surface area contributed by atoms with E-state index in [1.54, 1.807) is 4.68 Å². The van der Waals surface area contributed by atoms with Crippen molar-refractivity contribution >= 4 is 22.2 Å². The molecule has 1 aromatic carbocycles. The highest BCUT2D eigenvalue weighted by atomic mass is 32.2. The van der Waals surface area contributed by atoms with Crippen LogP contribution in [-0.4, -0.2) is 58.1 Å². The second-order valence-electron chi connectivity index (χ2n) is 7.37. The maximum Gasteiger partial charge on any atom is 0.249 e. The van der Waals surface area contributed by atoms with E-state index in [1.807, 2.05) is 4.90 Å². The van der Waals surface area contributed by atoms with Crippen molar-refractivity contribution in [3.63, 3.8) is 0 Å². The van der Waals surface area contributed by atoms with Crippen LogP contribution in [0.1, 0.15) is 25.1 Å². The first-order valence-electron chi connectivity index (χ1n) is 9.71. The van der Waals surface area contributed by atoms with Gasteiger partial charge in [-0.2, -0.15) is 9.40 Å². The number of piperazine rings is 1. The molecule has 2 aliphatic heterocycles. The minimum atomic E-state index is -4.22. The lowest BCUT2D eigenvalue weighted by molar-refractivity contribution is 0.144. The van der Waals surface area contributed by atoms with Crippen LogP contribution in [-0.2, 0) is 29.7 Å². The zero-order valence-corrected chi connectivity index (χ0v) is 17.6. The Morgan fingerprint density at radius 3 is 2.38 bits per heavy atom. The van der Waals surface area contributed by atoms with Gasteiger partial charge in [-0.05, 0) is 37.2 Å². The molecule has 1 saturated heterocycles. The van der Waals surface area contributed by atoms with E-state index in [9.17, 15) is 17.2 Å². The maximum absolute atomic E-state index is 14.0.